The molecule has 0 aliphatic carbocycles. The van der Waals surface area contributed by atoms with Gasteiger partial charge in [-0.05, 0) is 38.3 Å². The Labute approximate surface area is 158 Å². The minimum absolute atomic E-state index is 0.00319. The molecule has 1 aromatic carbocycles. The molecule has 0 radical (unpaired) electrons. The third-order valence-electron chi connectivity index (χ3n) is 3.96. The molecule has 3 N–H and O–H groups in total. The first-order chi connectivity index (χ1) is 12.3. The van der Waals surface area contributed by atoms with Gasteiger partial charge < -0.3 is 11.1 Å². The number of primary amides is 1. The lowest BCUT2D eigenvalue weighted by Gasteiger charge is -2.11. The highest BCUT2D eigenvalue weighted by Crippen LogP contribution is 2.18. The van der Waals surface area contributed by atoms with Gasteiger partial charge in [0.15, 0.2) is 5.16 Å². The fourth-order valence-electron chi connectivity index (χ4n) is 2.50. The molecule has 0 spiro atoms. The summed E-state index contributed by atoms with van der Waals surface area (Å²) in [6.45, 7) is 6.34. The fraction of sp³-hybridized carbons (Fsp3) is 0.368. The van der Waals surface area contributed by atoms with E-state index in [-0.39, 0.29) is 11.7 Å². The lowest BCUT2D eigenvalue weighted by molar-refractivity contribution is -0.121. The third kappa shape index (κ3) is 6.15. The highest BCUT2D eigenvalue weighted by atomic mass is 32.2. The van der Waals surface area contributed by atoms with Crippen LogP contribution < -0.4 is 11.1 Å². The van der Waals surface area contributed by atoms with Gasteiger partial charge in [-0.3, -0.25) is 9.59 Å². The van der Waals surface area contributed by atoms with Crippen LogP contribution in [0.15, 0.2) is 29.4 Å². The van der Waals surface area contributed by atoms with Gasteiger partial charge in [0.2, 0.25) is 11.8 Å². The summed E-state index contributed by atoms with van der Waals surface area (Å²) in [7, 11) is 0. The second-order valence-corrected chi connectivity index (χ2v) is 7.12. The molecule has 2 amide bonds. The molecule has 0 bridgehead atoms. The standard InChI is InChI=1S/C19H24N4O2S/c1-12-4-6-15(7-5-12)10-21-18(25)9-8-16-13(2)22-19(23-14(16)3)26-11-17(20)24/h4-7H,8-11H2,1-3H3,(H2,20,24)(H,21,25). The van der Waals surface area contributed by atoms with Gasteiger partial charge in [0.25, 0.3) is 0 Å². The number of nitrogens with zero attached hydrogens (tertiary/aromatic N) is 2. The highest BCUT2D eigenvalue weighted by Gasteiger charge is 2.12. The van der Waals surface area contributed by atoms with Crippen molar-refractivity contribution in [2.75, 3.05) is 5.75 Å². The highest BCUT2D eigenvalue weighted by molar-refractivity contribution is 7.99. The van der Waals surface area contributed by atoms with E-state index in [2.05, 4.69) is 15.3 Å². The molecule has 0 aliphatic rings. The average Bonchev–Trinajstić information content (AvgIpc) is 2.58. The van der Waals surface area contributed by atoms with Gasteiger partial charge in [0.1, 0.15) is 0 Å². The molecule has 6 nitrogen and oxygen atoms in total. The Balaban J connectivity index is 1.88. The molecule has 1 heterocycles. The number of carbonyl (C=O) groups excluding carboxylic acids is 2. The van der Waals surface area contributed by atoms with Crippen LogP contribution in [0.1, 0.15) is 34.5 Å². The normalized spacial score (nSPS) is 10.6. The number of benzene rings is 1. The van der Waals surface area contributed by atoms with Gasteiger partial charge >= 0.3 is 0 Å². The van der Waals surface area contributed by atoms with Crippen LogP contribution in [0.4, 0.5) is 0 Å². The molecule has 1 aromatic heterocycles. The molecule has 2 aromatic rings. The lowest BCUT2D eigenvalue weighted by atomic mass is 10.1. The largest absolute Gasteiger partial charge is 0.369 e. The predicted octanol–water partition coefficient (Wildman–Crippen LogP) is 2.23. The first-order valence-electron chi connectivity index (χ1n) is 8.42. The summed E-state index contributed by atoms with van der Waals surface area (Å²) in [6.07, 6.45) is 0.961. The molecular formula is C19H24N4O2S. The Kier molecular flexibility index (Phi) is 7.15. The SMILES string of the molecule is Cc1ccc(CNC(=O)CCc2c(C)nc(SCC(N)=O)nc2C)cc1. The van der Waals surface area contributed by atoms with Gasteiger partial charge in [-0.25, -0.2) is 9.97 Å². The number of nitrogens with two attached hydrogens (primary N) is 1. The van der Waals surface area contributed by atoms with Crippen molar-refractivity contribution in [3.63, 3.8) is 0 Å². The first-order valence-corrected chi connectivity index (χ1v) is 9.41. The van der Waals surface area contributed by atoms with Gasteiger partial charge in [-0.2, -0.15) is 0 Å². The number of amides is 2. The summed E-state index contributed by atoms with van der Waals surface area (Å²) in [4.78, 5) is 31.8. The first kappa shape index (κ1) is 19.9. The molecule has 26 heavy (non-hydrogen) atoms. The molecule has 7 heteroatoms. The summed E-state index contributed by atoms with van der Waals surface area (Å²) in [5, 5.41) is 3.47. The number of carbonyl (C=O) groups is 2. The van der Waals surface area contributed by atoms with E-state index in [1.807, 2.05) is 45.0 Å². The number of aromatic nitrogens is 2. The monoisotopic (exact) mass is 372 g/mol. The van der Waals surface area contributed by atoms with E-state index in [0.29, 0.717) is 24.5 Å². The van der Waals surface area contributed by atoms with Gasteiger partial charge in [0.05, 0.1) is 5.75 Å². The van der Waals surface area contributed by atoms with Crippen molar-refractivity contribution in [3.8, 4) is 0 Å². The molecule has 2 rings (SSSR count). The number of hydrogen-bond donors (Lipinski definition) is 2. The maximum atomic E-state index is 12.1. The van der Waals surface area contributed by atoms with Crippen LogP contribution in [0.25, 0.3) is 0 Å². The average molecular weight is 372 g/mol. The quantitative estimate of drug-likeness (QED) is 0.547. The van der Waals surface area contributed by atoms with E-state index >= 15 is 0 Å². The van der Waals surface area contributed by atoms with Crippen molar-refractivity contribution in [1.29, 1.82) is 0 Å². The molecule has 0 saturated carbocycles. The van der Waals surface area contributed by atoms with Crippen molar-refractivity contribution >= 4 is 23.6 Å². The zero-order chi connectivity index (χ0) is 19.1. The molecule has 0 unspecified atom stereocenters. The third-order valence-corrected chi connectivity index (χ3v) is 4.83. The summed E-state index contributed by atoms with van der Waals surface area (Å²) in [5.41, 5.74) is 10.1. The predicted molar refractivity (Wildman–Crippen MR) is 103 cm³/mol. The van der Waals surface area contributed by atoms with E-state index in [0.717, 1.165) is 22.5 Å². The second kappa shape index (κ2) is 9.33. The Hall–Kier alpha value is -2.41. The maximum Gasteiger partial charge on any atom is 0.227 e. The topological polar surface area (TPSA) is 98.0 Å². The Morgan fingerprint density at radius 2 is 1.69 bits per heavy atom. The number of hydrogen-bond acceptors (Lipinski definition) is 5. The van der Waals surface area contributed by atoms with E-state index in [1.54, 1.807) is 0 Å². The molecule has 0 saturated heterocycles. The number of thioether (sulfide) groups is 1. The Bertz CT molecular complexity index is 768. The van der Waals surface area contributed by atoms with Crippen molar-refractivity contribution in [2.45, 2.75) is 45.3 Å². The summed E-state index contributed by atoms with van der Waals surface area (Å²) in [5.74, 6) is -0.251. The van der Waals surface area contributed by atoms with Crippen LogP contribution in [0.3, 0.4) is 0 Å². The van der Waals surface area contributed by atoms with E-state index < -0.39 is 5.91 Å². The van der Waals surface area contributed by atoms with Crippen LogP contribution in [-0.2, 0) is 22.6 Å². The maximum absolute atomic E-state index is 12.1. The Morgan fingerprint density at radius 3 is 2.27 bits per heavy atom. The van der Waals surface area contributed by atoms with Crippen LogP contribution >= 0.6 is 11.8 Å². The fourth-order valence-corrected chi connectivity index (χ4v) is 3.18. The summed E-state index contributed by atoms with van der Waals surface area (Å²) >= 11 is 1.22. The molecule has 0 aliphatic heterocycles. The molecule has 138 valence electrons. The second-order valence-electron chi connectivity index (χ2n) is 6.17. The van der Waals surface area contributed by atoms with Crippen molar-refractivity contribution in [2.24, 2.45) is 5.73 Å². The van der Waals surface area contributed by atoms with E-state index in [1.165, 1.54) is 17.3 Å². The summed E-state index contributed by atoms with van der Waals surface area (Å²) < 4.78 is 0. The Morgan fingerprint density at radius 1 is 1.08 bits per heavy atom. The van der Waals surface area contributed by atoms with Crippen molar-refractivity contribution < 1.29 is 9.59 Å². The number of rotatable bonds is 8. The lowest BCUT2D eigenvalue weighted by Crippen LogP contribution is -2.23. The molecular weight excluding hydrogens is 348 g/mol. The minimum Gasteiger partial charge on any atom is -0.369 e. The van der Waals surface area contributed by atoms with Gasteiger partial charge in [-0.15, -0.1) is 0 Å². The molecule has 0 fully saturated rings. The van der Waals surface area contributed by atoms with Crippen molar-refractivity contribution in [1.82, 2.24) is 15.3 Å². The summed E-state index contributed by atoms with van der Waals surface area (Å²) in [6, 6.07) is 8.09. The van der Waals surface area contributed by atoms with Crippen LogP contribution in [0, 0.1) is 20.8 Å². The zero-order valence-electron chi connectivity index (χ0n) is 15.3. The zero-order valence-corrected chi connectivity index (χ0v) is 16.2. The van der Waals surface area contributed by atoms with Crippen LogP contribution in [0.5, 0.6) is 0 Å². The van der Waals surface area contributed by atoms with E-state index in [9.17, 15) is 9.59 Å². The van der Waals surface area contributed by atoms with Crippen LogP contribution in [0.2, 0.25) is 0 Å². The molecule has 0 atom stereocenters. The van der Waals surface area contributed by atoms with Gasteiger partial charge in [-0.1, -0.05) is 41.6 Å². The number of aryl methyl sites for hydroxylation is 3. The van der Waals surface area contributed by atoms with Crippen LogP contribution in [-0.4, -0.2) is 27.5 Å². The van der Waals surface area contributed by atoms with Crippen molar-refractivity contribution in [3.05, 3.63) is 52.3 Å². The smallest absolute Gasteiger partial charge is 0.227 e. The van der Waals surface area contributed by atoms with E-state index in [4.69, 9.17) is 5.73 Å². The van der Waals surface area contributed by atoms with Gasteiger partial charge in [0, 0.05) is 24.4 Å². The minimum atomic E-state index is -0.400. The number of nitrogens with one attached hydrogen (secondary N) is 1.